The molecule has 0 aliphatic carbocycles. The van der Waals surface area contributed by atoms with Crippen LogP contribution >= 0.6 is 25.0 Å². The first-order chi connectivity index (χ1) is 5.47. The van der Waals surface area contributed by atoms with E-state index in [1.54, 1.807) is 11.3 Å². The van der Waals surface area contributed by atoms with Crippen LogP contribution in [0.4, 0.5) is 0 Å². The van der Waals surface area contributed by atoms with Gasteiger partial charge in [-0.3, -0.25) is 11.3 Å². The van der Waals surface area contributed by atoms with Crippen LogP contribution in [-0.4, -0.2) is 0 Å². The minimum Gasteiger partial charge on any atom is -0.264 e. The molecular formula is C8H5BrSZn. The van der Waals surface area contributed by atoms with Crippen molar-refractivity contribution in [2.45, 2.75) is 0 Å². The summed E-state index contributed by atoms with van der Waals surface area (Å²) in [6.45, 7) is 0. The fraction of sp³-hybridized carbons (Fsp3) is 0. The van der Waals surface area contributed by atoms with Crippen molar-refractivity contribution in [3.63, 3.8) is 0 Å². The third-order valence-corrected chi connectivity index (χ3v) is 2.03. The Bertz CT molecular complexity index is 288. The Morgan fingerprint density at radius 3 is 2.73 bits per heavy atom. The van der Waals surface area contributed by atoms with Crippen molar-refractivity contribution in [2.24, 2.45) is 0 Å². The largest absolute Gasteiger partial charge is 0.264 e. The van der Waals surface area contributed by atoms with Gasteiger partial charge in [0.2, 0.25) is 0 Å². The fourth-order valence-electron chi connectivity index (χ4n) is 0.849. The molecule has 0 aliphatic heterocycles. The second kappa shape index (κ2) is 5.02. The van der Waals surface area contributed by atoms with Gasteiger partial charge in [0.15, 0.2) is 0 Å². The molecule has 2 aromatic rings. The summed E-state index contributed by atoms with van der Waals surface area (Å²) in [6.07, 6.45) is 0. The van der Waals surface area contributed by atoms with Gasteiger partial charge >= 0.3 is 30.0 Å². The zero-order chi connectivity index (χ0) is 8.10. The molecule has 1 heterocycles. The number of thiophene rings is 1. The predicted molar refractivity (Wildman–Crippen MR) is 49.6 cm³/mol. The van der Waals surface area contributed by atoms with Crippen molar-refractivity contribution >= 4 is 35.7 Å². The van der Waals surface area contributed by atoms with Gasteiger partial charge in [-0.25, -0.2) is 0 Å². The summed E-state index contributed by atoms with van der Waals surface area (Å²) in [5.74, 6) is 0. The van der Waals surface area contributed by atoms with Crippen LogP contribution < -0.4 is 0 Å². The van der Waals surface area contributed by atoms with E-state index < -0.39 is 0 Å². The summed E-state index contributed by atoms with van der Waals surface area (Å²) in [7, 11) is 0. The molecule has 0 saturated carbocycles. The van der Waals surface area contributed by atoms with E-state index >= 15 is 0 Å². The van der Waals surface area contributed by atoms with Crippen molar-refractivity contribution in [3.05, 3.63) is 35.0 Å². The maximum Gasteiger partial charge on any atom is -0.0809 e. The molecule has 0 aliphatic rings. The quantitative estimate of drug-likeness (QED) is 0.511. The summed E-state index contributed by atoms with van der Waals surface area (Å²) in [5.41, 5.74) is 0. The van der Waals surface area contributed by atoms with Crippen LogP contribution in [0.15, 0.2) is 29.6 Å². The number of hydrogen-bond acceptors (Lipinski definition) is 1. The second-order valence-corrected chi connectivity index (χ2v) is 2.60. The Balaban J connectivity index is 0.000000281. The Labute approximate surface area is 86.7 Å². The van der Waals surface area contributed by atoms with Crippen molar-refractivity contribution in [3.8, 4) is 0 Å². The van der Waals surface area contributed by atoms with E-state index in [0.29, 0.717) is 0 Å². The topological polar surface area (TPSA) is 0 Å². The van der Waals surface area contributed by atoms with Gasteiger partial charge in [-0.1, -0.05) is 11.4 Å². The Morgan fingerprint density at radius 1 is 1.27 bits per heavy atom. The molecule has 1 aromatic carbocycles. The van der Waals surface area contributed by atoms with E-state index in [4.69, 9.17) is 0 Å². The van der Waals surface area contributed by atoms with Crippen LogP contribution in [0.25, 0.3) is 10.8 Å². The number of hydrogen-bond donors (Lipinski definition) is 0. The number of rotatable bonds is 0. The maximum atomic E-state index is 3.16. The minimum atomic E-state index is 1.19. The first-order valence-electron chi connectivity index (χ1n) is 3.07. The number of fused-ring (bicyclic) bond motifs is 1. The van der Waals surface area contributed by atoms with Gasteiger partial charge in [-0.05, 0) is 0 Å². The van der Waals surface area contributed by atoms with Gasteiger partial charge < -0.3 is 0 Å². The second-order valence-electron chi connectivity index (χ2n) is 1.93. The van der Waals surface area contributed by atoms with E-state index in [1.165, 1.54) is 27.1 Å². The molecule has 2 rings (SSSR count). The minimum absolute atomic E-state index is 1.19. The fourth-order valence-corrected chi connectivity index (χ4v) is 1.55. The molecule has 0 N–H and O–H groups in total. The molecule has 52 valence electrons. The summed E-state index contributed by atoms with van der Waals surface area (Å²) in [5, 5.41) is 7.79. The normalized spacial score (nSPS) is 9.00. The van der Waals surface area contributed by atoms with E-state index in [9.17, 15) is 0 Å². The van der Waals surface area contributed by atoms with Gasteiger partial charge in [0.1, 0.15) is 0 Å². The van der Waals surface area contributed by atoms with E-state index in [0.717, 1.165) is 0 Å². The molecule has 0 unspecified atom stereocenters. The molecule has 0 fully saturated rings. The predicted octanol–water partition coefficient (Wildman–Crippen LogP) is 3.54. The molecule has 0 bridgehead atoms. The molecule has 0 atom stereocenters. The zero-order valence-corrected chi connectivity index (χ0v) is 11.2. The molecule has 0 saturated heterocycles. The van der Waals surface area contributed by atoms with Crippen LogP contribution in [0.3, 0.4) is 0 Å². The van der Waals surface area contributed by atoms with Crippen LogP contribution in [-0.2, 0) is 16.3 Å². The molecule has 0 spiro atoms. The van der Waals surface area contributed by atoms with Gasteiger partial charge in [0.05, 0.1) is 0 Å². The Kier molecular flexibility index (Phi) is 4.28. The standard InChI is InChI=1S/C8H5S.BrH.Zn/c1-2-4-8-6-9-5-7(8)3-1;;/h1-5H;1H;/q-1;;+2/p-1. The molecule has 11 heavy (non-hydrogen) atoms. The monoisotopic (exact) mass is 276 g/mol. The third kappa shape index (κ3) is 2.36. The molecule has 0 amide bonds. The SMILES string of the molecule is [Zn+][Br].[c-]1scc2ccccc12. The van der Waals surface area contributed by atoms with Gasteiger partial charge in [0, 0.05) is 0 Å². The van der Waals surface area contributed by atoms with Gasteiger partial charge in [-0.15, -0.1) is 34.4 Å². The summed E-state index contributed by atoms with van der Waals surface area (Å²) in [4.78, 5) is 0. The Morgan fingerprint density at radius 2 is 2.00 bits per heavy atom. The summed E-state index contributed by atoms with van der Waals surface area (Å²) in [6, 6.07) is 8.25. The van der Waals surface area contributed by atoms with E-state index in [2.05, 4.69) is 36.5 Å². The molecule has 0 radical (unpaired) electrons. The van der Waals surface area contributed by atoms with Crippen molar-refractivity contribution in [2.75, 3.05) is 0 Å². The Hall–Kier alpha value is 0.283. The van der Waals surface area contributed by atoms with Gasteiger partial charge in [-0.2, -0.15) is 0 Å². The molecule has 1 aromatic heterocycles. The molecule has 0 nitrogen and oxygen atoms in total. The van der Waals surface area contributed by atoms with Crippen molar-refractivity contribution in [1.29, 1.82) is 0 Å². The van der Waals surface area contributed by atoms with Crippen molar-refractivity contribution < 1.29 is 16.3 Å². The third-order valence-electron chi connectivity index (χ3n) is 1.32. The smallest absolute Gasteiger partial charge is 0.0809 e. The van der Waals surface area contributed by atoms with E-state index in [-0.39, 0.29) is 0 Å². The molecular weight excluding hydrogens is 273 g/mol. The van der Waals surface area contributed by atoms with Crippen LogP contribution in [0.1, 0.15) is 0 Å². The summed E-state index contributed by atoms with van der Waals surface area (Å²) >= 11 is 5.88. The average Bonchev–Trinajstić information content (AvgIpc) is 2.55. The average molecular weight is 278 g/mol. The first-order valence-corrected chi connectivity index (χ1v) is 10.9. The number of benzene rings is 1. The number of halogens is 1. The van der Waals surface area contributed by atoms with Crippen LogP contribution in [0.2, 0.25) is 0 Å². The van der Waals surface area contributed by atoms with E-state index in [1.807, 2.05) is 12.1 Å². The zero-order valence-electron chi connectivity index (χ0n) is 5.88. The maximum absolute atomic E-state index is 3.16. The van der Waals surface area contributed by atoms with Crippen molar-refractivity contribution in [1.82, 2.24) is 0 Å². The first kappa shape index (κ1) is 9.37. The van der Waals surface area contributed by atoms with Crippen LogP contribution in [0.5, 0.6) is 0 Å². The van der Waals surface area contributed by atoms with Crippen LogP contribution in [0, 0.1) is 5.38 Å². The molecule has 3 heteroatoms. The van der Waals surface area contributed by atoms with Gasteiger partial charge in [0.25, 0.3) is 0 Å². The summed E-state index contributed by atoms with van der Waals surface area (Å²) < 4.78 is 0.